The molecule has 6 nitrogen and oxygen atoms in total. The van der Waals surface area contributed by atoms with Gasteiger partial charge in [-0.15, -0.1) is 0 Å². The largest absolute Gasteiger partial charge is 0.350 e. The number of carbonyl (C=O) groups excluding carboxylic acids is 3. The zero-order chi connectivity index (χ0) is 18.3. The van der Waals surface area contributed by atoms with Gasteiger partial charge in [0.2, 0.25) is 18.2 Å². The van der Waals surface area contributed by atoms with Crippen molar-refractivity contribution in [2.24, 2.45) is 5.92 Å². The van der Waals surface area contributed by atoms with Crippen molar-refractivity contribution in [2.75, 3.05) is 26.7 Å². The van der Waals surface area contributed by atoms with Crippen molar-refractivity contribution < 1.29 is 14.4 Å². The van der Waals surface area contributed by atoms with Crippen LogP contribution in [-0.2, 0) is 14.4 Å². The molecule has 1 saturated heterocycles. The second-order valence-electron chi connectivity index (χ2n) is 6.55. The first-order valence-electron chi connectivity index (χ1n) is 8.32. The number of likely N-dealkylation sites (N-methyl/N-ethyl adjacent to an activating group) is 1. The highest BCUT2D eigenvalue weighted by atomic mass is 79.9. The molecule has 0 aromatic heterocycles. The Balaban J connectivity index is 2.80. The summed E-state index contributed by atoms with van der Waals surface area (Å²) < 4.78 is 0. The van der Waals surface area contributed by atoms with Crippen LogP contribution in [0.5, 0.6) is 0 Å². The van der Waals surface area contributed by atoms with Gasteiger partial charge >= 0.3 is 0 Å². The Morgan fingerprint density at radius 3 is 2.42 bits per heavy atom. The van der Waals surface area contributed by atoms with Crippen LogP contribution in [0.25, 0.3) is 0 Å². The molecule has 1 heterocycles. The molecule has 1 aliphatic rings. The normalized spacial score (nSPS) is 17.6. The van der Waals surface area contributed by atoms with E-state index in [2.05, 4.69) is 21.2 Å². The molecule has 0 aromatic carbocycles. The number of nitrogens with one attached hydrogen (secondary N) is 1. The van der Waals surface area contributed by atoms with Crippen molar-refractivity contribution in [1.82, 2.24) is 15.1 Å². The second kappa shape index (κ2) is 9.81. The number of nitrogens with zero attached hydrogens (tertiary/aromatic N) is 2. The minimum absolute atomic E-state index is 0.0342. The summed E-state index contributed by atoms with van der Waals surface area (Å²) >= 11 is 3.59. The molecule has 0 bridgehead atoms. The van der Waals surface area contributed by atoms with Crippen LogP contribution in [0.15, 0.2) is 11.6 Å². The van der Waals surface area contributed by atoms with Crippen LogP contribution in [0.3, 0.4) is 0 Å². The van der Waals surface area contributed by atoms with Crippen molar-refractivity contribution in [3.8, 4) is 0 Å². The summed E-state index contributed by atoms with van der Waals surface area (Å²) in [6.45, 7) is 7.29. The molecule has 7 heteroatoms. The summed E-state index contributed by atoms with van der Waals surface area (Å²) in [6.07, 6.45) is 4.30. The highest BCUT2D eigenvalue weighted by molar-refractivity contribution is 9.09. The van der Waals surface area contributed by atoms with Gasteiger partial charge in [-0.25, -0.2) is 0 Å². The Labute approximate surface area is 152 Å². The number of rotatable bonds is 7. The van der Waals surface area contributed by atoms with E-state index in [4.69, 9.17) is 0 Å². The van der Waals surface area contributed by atoms with E-state index in [-0.39, 0.29) is 30.3 Å². The zero-order valence-electron chi connectivity index (χ0n) is 14.9. The first-order valence-corrected chi connectivity index (χ1v) is 9.24. The molecule has 0 aliphatic carbocycles. The Morgan fingerprint density at radius 2 is 1.92 bits per heavy atom. The monoisotopic (exact) mass is 401 g/mol. The first kappa shape index (κ1) is 20.7. The van der Waals surface area contributed by atoms with Gasteiger partial charge in [0.05, 0.1) is 12.6 Å². The Bertz CT molecular complexity index is 485. The van der Waals surface area contributed by atoms with Gasteiger partial charge in [0.15, 0.2) is 0 Å². The quantitative estimate of drug-likeness (QED) is 0.399. The molecule has 1 N–H and O–H groups in total. The molecule has 1 fully saturated rings. The van der Waals surface area contributed by atoms with Crippen molar-refractivity contribution in [1.29, 1.82) is 0 Å². The third-order valence-corrected chi connectivity index (χ3v) is 5.25. The van der Waals surface area contributed by atoms with Crippen LogP contribution in [0.4, 0.5) is 0 Å². The Morgan fingerprint density at radius 1 is 1.33 bits per heavy atom. The molecule has 0 radical (unpaired) electrons. The van der Waals surface area contributed by atoms with E-state index >= 15 is 0 Å². The highest BCUT2D eigenvalue weighted by Crippen LogP contribution is 2.20. The molecule has 0 unspecified atom stereocenters. The van der Waals surface area contributed by atoms with Gasteiger partial charge in [0.1, 0.15) is 0 Å². The van der Waals surface area contributed by atoms with Crippen LogP contribution in [0, 0.1) is 5.92 Å². The summed E-state index contributed by atoms with van der Waals surface area (Å²) in [5.41, 5.74) is 0.657. The summed E-state index contributed by atoms with van der Waals surface area (Å²) in [4.78, 5) is 39.0. The van der Waals surface area contributed by atoms with Gasteiger partial charge in [-0.05, 0) is 25.7 Å². The summed E-state index contributed by atoms with van der Waals surface area (Å²) in [5.74, 6) is 0.00975. The summed E-state index contributed by atoms with van der Waals surface area (Å²) in [7, 11) is 1.70. The van der Waals surface area contributed by atoms with E-state index in [0.717, 1.165) is 25.9 Å². The molecular formula is C17H28BrN3O3. The maximum absolute atomic E-state index is 12.6. The molecule has 24 heavy (non-hydrogen) atoms. The van der Waals surface area contributed by atoms with Crippen LogP contribution in [-0.4, -0.2) is 65.6 Å². The third kappa shape index (κ3) is 5.92. The Hall–Kier alpha value is -1.37. The standard InChI is InChI=1S/C17H28BrN3O3/c1-12(2)15(20(4)16(23)10-19-11-22)9-13(3)17(24)21-7-5-14(18)6-8-21/h9,11-12,14-15H,5-8,10H2,1-4H3,(H,19,22)/b13-9+/t15-/m1/s1. The van der Waals surface area contributed by atoms with Crippen LogP contribution in [0.1, 0.15) is 33.6 Å². The van der Waals surface area contributed by atoms with Gasteiger partial charge in [-0.2, -0.15) is 0 Å². The summed E-state index contributed by atoms with van der Waals surface area (Å²) in [5, 5.41) is 2.38. The predicted octanol–water partition coefficient (Wildman–Crippen LogP) is 1.55. The first-order chi connectivity index (χ1) is 11.3. The molecule has 0 aromatic rings. The van der Waals surface area contributed by atoms with Crippen molar-refractivity contribution >= 4 is 34.2 Å². The SMILES string of the molecule is C/C(=C\[C@H](C(C)C)N(C)C(=O)CNC=O)C(=O)N1CCC(Br)CC1. The second-order valence-corrected chi connectivity index (χ2v) is 7.85. The van der Waals surface area contributed by atoms with E-state index < -0.39 is 0 Å². The number of amides is 3. The van der Waals surface area contributed by atoms with E-state index in [1.807, 2.05) is 24.8 Å². The van der Waals surface area contributed by atoms with E-state index in [9.17, 15) is 14.4 Å². The molecule has 136 valence electrons. The minimum atomic E-state index is -0.191. The fourth-order valence-electron chi connectivity index (χ4n) is 2.80. The van der Waals surface area contributed by atoms with Gasteiger partial charge in [-0.1, -0.05) is 35.9 Å². The Kier molecular flexibility index (Phi) is 8.45. The number of alkyl halides is 1. The number of likely N-dealkylation sites (tertiary alicyclic amines) is 1. The van der Waals surface area contributed by atoms with Gasteiger partial charge in [0.25, 0.3) is 0 Å². The molecule has 1 aliphatic heterocycles. The van der Waals surface area contributed by atoms with Crippen molar-refractivity contribution in [3.05, 3.63) is 11.6 Å². The third-order valence-electron chi connectivity index (χ3n) is 4.33. The fourth-order valence-corrected chi connectivity index (χ4v) is 3.21. The number of hydrogen-bond acceptors (Lipinski definition) is 3. The molecule has 0 spiro atoms. The van der Waals surface area contributed by atoms with Gasteiger partial charge in [0, 0.05) is 30.5 Å². The fraction of sp³-hybridized carbons (Fsp3) is 0.706. The number of hydrogen-bond donors (Lipinski definition) is 1. The highest BCUT2D eigenvalue weighted by Gasteiger charge is 2.25. The molecule has 3 amide bonds. The smallest absolute Gasteiger partial charge is 0.249 e. The lowest BCUT2D eigenvalue weighted by Crippen LogP contribution is -2.44. The summed E-state index contributed by atoms with van der Waals surface area (Å²) in [6, 6.07) is -0.191. The lowest BCUT2D eigenvalue weighted by molar-refractivity contribution is -0.132. The maximum atomic E-state index is 12.6. The zero-order valence-corrected chi connectivity index (χ0v) is 16.5. The molecule has 0 saturated carbocycles. The molecule has 1 atom stereocenters. The number of carbonyl (C=O) groups is 3. The average Bonchev–Trinajstić information content (AvgIpc) is 2.56. The van der Waals surface area contributed by atoms with Crippen LogP contribution in [0.2, 0.25) is 0 Å². The molecular weight excluding hydrogens is 374 g/mol. The lowest BCUT2D eigenvalue weighted by Gasteiger charge is -2.32. The van der Waals surface area contributed by atoms with Crippen LogP contribution >= 0.6 is 15.9 Å². The van der Waals surface area contributed by atoms with Crippen molar-refractivity contribution in [3.63, 3.8) is 0 Å². The van der Waals surface area contributed by atoms with E-state index in [0.29, 0.717) is 16.8 Å². The average molecular weight is 402 g/mol. The number of halogens is 1. The maximum Gasteiger partial charge on any atom is 0.249 e. The van der Waals surface area contributed by atoms with Crippen LogP contribution < -0.4 is 5.32 Å². The predicted molar refractivity (Wildman–Crippen MR) is 97.7 cm³/mol. The van der Waals surface area contributed by atoms with Gasteiger partial charge in [-0.3, -0.25) is 14.4 Å². The molecule has 1 rings (SSSR count). The van der Waals surface area contributed by atoms with E-state index in [1.165, 1.54) is 0 Å². The lowest BCUT2D eigenvalue weighted by atomic mass is 9.99. The van der Waals surface area contributed by atoms with Gasteiger partial charge < -0.3 is 15.1 Å². The number of piperidine rings is 1. The van der Waals surface area contributed by atoms with E-state index in [1.54, 1.807) is 18.9 Å². The van der Waals surface area contributed by atoms with Crippen molar-refractivity contribution in [2.45, 2.75) is 44.5 Å². The minimum Gasteiger partial charge on any atom is -0.350 e. The topological polar surface area (TPSA) is 69.7 Å².